The van der Waals surface area contributed by atoms with E-state index in [1.807, 2.05) is 6.92 Å². The second kappa shape index (κ2) is 9.94. The van der Waals surface area contributed by atoms with Gasteiger partial charge in [0.1, 0.15) is 0 Å². The van der Waals surface area contributed by atoms with Crippen molar-refractivity contribution in [2.75, 3.05) is 21.3 Å². The third-order valence-electron chi connectivity index (χ3n) is 3.44. The SMILES string of the molecule is CCCCCC(=O)C(C(=O)OC)C(O)(CC(=O)OC)C(=O)OC. The van der Waals surface area contributed by atoms with Crippen LogP contribution in [0.25, 0.3) is 0 Å². The Labute approximate surface area is 135 Å². The molecule has 0 aliphatic rings. The molecular formula is C15H24O8. The van der Waals surface area contributed by atoms with Crippen LogP contribution in [0, 0.1) is 5.92 Å². The van der Waals surface area contributed by atoms with E-state index in [9.17, 15) is 24.3 Å². The Morgan fingerprint density at radius 2 is 1.61 bits per heavy atom. The molecule has 0 aliphatic heterocycles. The number of hydrogen-bond donors (Lipinski definition) is 1. The predicted molar refractivity (Wildman–Crippen MR) is 78.3 cm³/mol. The van der Waals surface area contributed by atoms with Crippen LogP contribution in [-0.4, -0.2) is 55.7 Å². The summed E-state index contributed by atoms with van der Waals surface area (Å²) >= 11 is 0. The van der Waals surface area contributed by atoms with Crippen LogP contribution in [0.15, 0.2) is 0 Å². The highest BCUT2D eigenvalue weighted by atomic mass is 16.6. The maximum atomic E-state index is 12.3. The average Bonchev–Trinajstić information content (AvgIpc) is 2.53. The largest absolute Gasteiger partial charge is 0.469 e. The van der Waals surface area contributed by atoms with Crippen LogP contribution in [0.2, 0.25) is 0 Å². The Balaban J connectivity index is 5.64. The van der Waals surface area contributed by atoms with Crippen molar-refractivity contribution in [3.8, 4) is 0 Å². The van der Waals surface area contributed by atoms with Gasteiger partial charge in [0, 0.05) is 6.42 Å². The lowest BCUT2D eigenvalue weighted by Crippen LogP contribution is -2.54. The summed E-state index contributed by atoms with van der Waals surface area (Å²) in [6.45, 7) is 1.93. The van der Waals surface area contributed by atoms with Crippen molar-refractivity contribution in [1.82, 2.24) is 0 Å². The number of Topliss-reactive ketones (excluding diaryl/α,β-unsaturated/α-hetero) is 1. The molecular weight excluding hydrogens is 308 g/mol. The number of hydrogen-bond acceptors (Lipinski definition) is 8. The van der Waals surface area contributed by atoms with E-state index in [0.29, 0.717) is 6.42 Å². The Hall–Kier alpha value is -1.96. The van der Waals surface area contributed by atoms with Gasteiger partial charge in [-0.15, -0.1) is 0 Å². The molecule has 0 radical (unpaired) electrons. The van der Waals surface area contributed by atoms with Gasteiger partial charge in [-0.05, 0) is 6.42 Å². The van der Waals surface area contributed by atoms with Crippen molar-refractivity contribution in [2.45, 2.75) is 44.6 Å². The molecule has 0 aromatic heterocycles. The molecule has 1 N–H and O–H groups in total. The smallest absolute Gasteiger partial charge is 0.339 e. The van der Waals surface area contributed by atoms with Gasteiger partial charge in [0.2, 0.25) is 0 Å². The molecule has 0 fully saturated rings. The van der Waals surface area contributed by atoms with Crippen LogP contribution in [-0.2, 0) is 33.4 Å². The molecule has 0 aromatic rings. The lowest BCUT2D eigenvalue weighted by Gasteiger charge is -2.30. The van der Waals surface area contributed by atoms with Crippen LogP contribution < -0.4 is 0 Å². The minimum atomic E-state index is -2.67. The van der Waals surface area contributed by atoms with Crippen LogP contribution in [0.5, 0.6) is 0 Å². The number of rotatable bonds is 10. The Morgan fingerprint density at radius 3 is 2.04 bits per heavy atom. The van der Waals surface area contributed by atoms with Crippen molar-refractivity contribution < 1.29 is 38.5 Å². The fourth-order valence-corrected chi connectivity index (χ4v) is 2.17. The van der Waals surface area contributed by atoms with Crippen LogP contribution >= 0.6 is 0 Å². The molecule has 132 valence electrons. The normalized spacial score (nSPS) is 14.3. The highest BCUT2D eigenvalue weighted by molar-refractivity contribution is 6.06. The summed E-state index contributed by atoms with van der Waals surface area (Å²) in [5.74, 6) is -5.89. The van der Waals surface area contributed by atoms with E-state index < -0.39 is 41.6 Å². The molecule has 8 nitrogen and oxygen atoms in total. The Bertz CT molecular complexity index is 445. The minimum absolute atomic E-state index is 0.0336. The van der Waals surface area contributed by atoms with Crippen molar-refractivity contribution in [1.29, 1.82) is 0 Å². The van der Waals surface area contributed by atoms with E-state index in [0.717, 1.165) is 34.2 Å². The number of methoxy groups -OCH3 is 3. The third kappa shape index (κ3) is 5.63. The summed E-state index contributed by atoms with van der Waals surface area (Å²) in [6.07, 6.45) is 1.15. The zero-order valence-electron chi connectivity index (χ0n) is 13.9. The summed E-state index contributed by atoms with van der Waals surface area (Å²) in [7, 11) is 3.04. The first-order valence-electron chi connectivity index (χ1n) is 7.26. The lowest BCUT2D eigenvalue weighted by atomic mass is 9.80. The van der Waals surface area contributed by atoms with Crippen molar-refractivity contribution in [3.05, 3.63) is 0 Å². The van der Waals surface area contributed by atoms with E-state index in [-0.39, 0.29) is 6.42 Å². The molecule has 0 heterocycles. The van der Waals surface area contributed by atoms with E-state index in [1.54, 1.807) is 0 Å². The van der Waals surface area contributed by atoms with Gasteiger partial charge in [0.15, 0.2) is 17.3 Å². The first kappa shape index (κ1) is 21.0. The molecule has 0 saturated heterocycles. The van der Waals surface area contributed by atoms with Crippen molar-refractivity contribution >= 4 is 23.7 Å². The van der Waals surface area contributed by atoms with Crippen LogP contribution in [0.1, 0.15) is 39.0 Å². The number of unbranched alkanes of at least 4 members (excludes halogenated alkanes) is 2. The molecule has 0 amide bonds. The fraction of sp³-hybridized carbons (Fsp3) is 0.733. The first-order chi connectivity index (χ1) is 10.8. The number of ether oxygens (including phenoxy) is 3. The zero-order valence-corrected chi connectivity index (χ0v) is 13.9. The topological polar surface area (TPSA) is 116 Å². The number of ketones is 1. The van der Waals surface area contributed by atoms with Crippen LogP contribution in [0.3, 0.4) is 0 Å². The van der Waals surface area contributed by atoms with Gasteiger partial charge >= 0.3 is 17.9 Å². The Kier molecular flexibility index (Phi) is 9.09. The summed E-state index contributed by atoms with van der Waals surface area (Å²) < 4.78 is 13.4. The van der Waals surface area contributed by atoms with Gasteiger partial charge in [-0.2, -0.15) is 0 Å². The lowest BCUT2D eigenvalue weighted by molar-refractivity contribution is -0.184. The molecule has 0 spiro atoms. The molecule has 23 heavy (non-hydrogen) atoms. The average molecular weight is 332 g/mol. The quantitative estimate of drug-likeness (QED) is 0.264. The molecule has 2 atom stereocenters. The van der Waals surface area contributed by atoms with E-state index in [1.165, 1.54) is 0 Å². The van der Waals surface area contributed by atoms with Crippen LogP contribution in [0.4, 0.5) is 0 Å². The maximum absolute atomic E-state index is 12.3. The fourth-order valence-electron chi connectivity index (χ4n) is 2.17. The van der Waals surface area contributed by atoms with E-state index in [4.69, 9.17) is 0 Å². The zero-order chi connectivity index (χ0) is 18.0. The second-order valence-corrected chi connectivity index (χ2v) is 5.05. The highest BCUT2D eigenvalue weighted by Gasteiger charge is 2.54. The van der Waals surface area contributed by atoms with Gasteiger partial charge in [-0.3, -0.25) is 14.4 Å². The Morgan fingerprint density at radius 1 is 1.00 bits per heavy atom. The second-order valence-electron chi connectivity index (χ2n) is 5.05. The first-order valence-corrected chi connectivity index (χ1v) is 7.26. The van der Waals surface area contributed by atoms with E-state index in [2.05, 4.69) is 14.2 Å². The minimum Gasteiger partial charge on any atom is -0.469 e. The molecule has 2 unspecified atom stereocenters. The number of carbonyl (C=O) groups is 4. The summed E-state index contributed by atoms with van der Waals surface area (Å²) in [4.78, 5) is 47.7. The third-order valence-corrected chi connectivity index (χ3v) is 3.44. The van der Waals surface area contributed by atoms with Crippen molar-refractivity contribution in [2.24, 2.45) is 5.92 Å². The molecule has 0 saturated carbocycles. The van der Waals surface area contributed by atoms with Gasteiger partial charge in [0.25, 0.3) is 0 Å². The number of carbonyl (C=O) groups excluding carboxylic acids is 4. The van der Waals surface area contributed by atoms with Gasteiger partial charge in [0.05, 0.1) is 27.8 Å². The standard InChI is InChI=1S/C15H24O8/c1-5-6-7-8-10(16)12(13(18)22-3)15(20,14(19)23-4)9-11(17)21-2/h12,20H,5-9H2,1-4H3. The maximum Gasteiger partial charge on any atom is 0.339 e. The number of esters is 3. The molecule has 0 rings (SSSR count). The summed E-state index contributed by atoms with van der Waals surface area (Å²) in [5, 5.41) is 10.6. The highest BCUT2D eigenvalue weighted by Crippen LogP contribution is 2.28. The predicted octanol–water partition coefficient (Wildman–Crippen LogP) is 0.392. The molecule has 0 aliphatic carbocycles. The summed E-state index contributed by atoms with van der Waals surface area (Å²) in [5.41, 5.74) is -2.67. The van der Waals surface area contributed by atoms with Gasteiger partial charge in [-0.1, -0.05) is 19.8 Å². The molecule has 8 heteroatoms. The van der Waals surface area contributed by atoms with Gasteiger partial charge in [-0.25, -0.2) is 4.79 Å². The van der Waals surface area contributed by atoms with Crippen molar-refractivity contribution in [3.63, 3.8) is 0 Å². The number of aliphatic hydroxyl groups is 1. The molecule has 0 bridgehead atoms. The monoisotopic (exact) mass is 332 g/mol. The van der Waals surface area contributed by atoms with E-state index >= 15 is 0 Å². The molecule has 0 aromatic carbocycles. The summed E-state index contributed by atoms with van der Waals surface area (Å²) in [6, 6.07) is 0. The van der Waals surface area contributed by atoms with Gasteiger partial charge < -0.3 is 19.3 Å².